The molecule has 2 aliphatic rings. The zero-order valence-corrected chi connectivity index (χ0v) is 16.4. The van der Waals surface area contributed by atoms with Crippen molar-refractivity contribution in [2.24, 2.45) is 0 Å². The lowest BCUT2D eigenvalue weighted by atomic mass is 9.83. The zero-order chi connectivity index (χ0) is 20.7. The second-order valence-corrected chi connectivity index (χ2v) is 7.77. The maximum Gasteiger partial charge on any atom is 0.256 e. The van der Waals surface area contributed by atoms with E-state index < -0.39 is 23.1 Å². The molecule has 1 amide bonds. The number of aromatic nitrogens is 2. The van der Waals surface area contributed by atoms with Crippen molar-refractivity contribution in [1.29, 1.82) is 0 Å². The second kappa shape index (κ2) is 7.32. The van der Waals surface area contributed by atoms with Gasteiger partial charge < -0.3 is 9.64 Å². The van der Waals surface area contributed by atoms with Gasteiger partial charge in [-0.05, 0) is 49.1 Å². The molecule has 2 aromatic carbocycles. The van der Waals surface area contributed by atoms with Crippen LogP contribution in [-0.2, 0) is 16.8 Å². The summed E-state index contributed by atoms with van der Waals surface area (Å²) in [5, 5.41) is 4.83. The van der Waals surface area contributed by atoms with Crippen LogP contribution in [0.1, 0.15) is 34.5 Å². The van der Waals surface area contributed by atoms with Crippen LogP contribution < -0.4 is 0 Å². The number of hydrogen-bond donors (Lipinski definition) is 0. The molecule has 0 atom stereocenters. The molecular weight excluding hydrogens is 388 g/mol. The number of carbonyl (C=O) groups excluding carboxylic acids is 1. The van der Waals surface area contributed by atoms with Gasteiger partial charge in [0.05, 0.1) is 23.6 Å². The normalized spacial score (nSPS) is 17.7. The number of rotatable bonds is 2. The Morgan fingerprint density at radius 2 is 1.80 bits per heavy atom. The maximum atomic E-state index is 14.1. The van der Waals surface area contributed by atoms with Gasteiger partial charge in [-0.3, -0.25) is 4.79 Å². The van der Waals surface area contributed by atoms with Gasteiger partial charge in [-0.25, -0.2) is 13.5 Å². The van der Waals surface area contributed by atoms with E-state index in [0.29, 0.717) is 32.5 Å². The predicted octanol–water partition coefficient (Wildman–Crippen LogP) is 3.85. The van der Waals surface area contributed by atoms with Gasteiger partial charge in [0.2, 0.25) is 0 Å². The fourth-order valence-electron chi connectivity index (χ4n) is 4.41. The Bertz CT molecular complexity index is 1090. The third-order valence-electron chi connectivity index (χ3n) is 6.03. The topological polar surface area (TPSA) is 47.4 Å². The van der Waals surface area contributed by atoms with Gasteiger partial charge in [0, 0.05) is 19.3 Å². The Morgan fingerprint density at radius 3 is 2.57 bits per heavy atom. The van der Waals surface area contributed by atoms with Crippen molar-refractivity contribution >= 4 is 5.91 Å². The van der Waals surface area contributed by atoms with Gasteiger partial charge in [-0.2, -0.15) is 5.10 Å². The monoisotopic (exact) mass is 409 g/mol. The number of fused-ring (bicyclic) bond motifs is 2. The lowest BCUT2D eigenvalue weighted by Crippen LogP contribution is -2.48. The Hall–Kier alpha value is -3.06. The van der Waals surface area contributed by atoms with Crippen LogP contribution in [0.5, 0.6) is 0 Å². The number of amides is 1. The highest BCUT2D eigenvalue weighted by molar-refractivity contribution is 5.94. The smallest absolute Gasteiger partial charge is 0.256 e. The first kappa shape index (κ1) is 18.9. The van der Waals surface area contributed by atoms with Crippen LogP contribution in [0.25, 0.3) is 5.69 Å². The molecule has 5 rings (SSSR count). The molecule has 2 aliphatic heterocycles. The van der Waals surface area contributed by atoms with Crippen molar-refractivity contribution in [1.82, 2.24) is 14.7 Å². The molecule has 1 saturated heterocycles. The molecule has 0 saturated carbocycles. The fraction of sp³-hybridized carbons (Fsp3) is 0.304. The molecule has 1 spiro atoms. The molecule has 0 N–H and O–H groups in total. The van der Waals surface area contributed by atoms with Gasteiger partial charge in [0.25, 0.3) is 5.91 Å². The SMILES string of the molecule is O=C(c1cccc(F)c1F)N1CCC2(CC1)OCCc1cn(-c3ccccc3)nc12. The molecular formula is C23H21F2N3O2. The van der Waals surface area contributed by atoms with E-state index in [9.17, 15) is 13.6 Å². The largest absolute Gasteiger partial charge is 0.368 e. The van der Waals surface area contributed by atoms with Crippen LogP contribution in [-0.4, -0.2) is 40.3 Å². The van der Waals surface area contributed by atoms with E-state index >= 15 is 0 Å². The fourth-order valence-corrected chi connectivity index (χ4v) is 4.41. The quantitative estimate of drug-likeness (QED) is 0.646. The van der Waals surface area contributed by atoms with Crippen molar-refractivity contribution in [2.45, 2.75) is 24.9 Å². The molecule has 0 bridgehead atoms. The number of para-hydroxylation sites is 1. The van der Waals surface area contributed by atoms with Crippen LogP contribution in [0.3, 0.4) is 0 Å². The third-order valence-corrected chi connectivity index (χ3v) is 6.03. The van der Waals surface area contributed by atoms with Crippen LogP contribution >= 0.6 is 0 Å². The number of benzene rings is 2. The molecule has 1 fully saturated rings. The summed E-state index contributed by atoms with van der Waals surface area (Å²) in [6, 6.07) is 13.6. The number of ether oxygens (including phenoxy) is 1. The van der Waals surface area contributed by atoms with Gasteiger partial charge in [0.15, 0.2) is 11.6 Å². The lowest BCUT2D eigenvalue weighted by molar-refractivity contribution is -0.0963. The van der Waals surface area contributed by atoms with Gasteiger partial charge in [-0.15, -0.1) is 0 Å². The van der Waals surface area contributed by atoms with Crippen molar-refractivity contribution in [3.63, 3.8) is 0 Å². The van der Waals surface area contributed by atoms with E-state index in [4.69, 9.17) is 9.84 Å². The van der Waals surface area contributed by atoms with Crippen LogP contribution in [0.4, 0.5) is 8.78 Å². The molecule has 30 heavy (non-hydrogen) atoms. The first-order chi connectivity index (χ1) is 14.6. The number of hydrogen-bond acceptors (Lipinski definition) is 3. The minimum absolute atomic E-state index is 0.232. The molecule has 1 aromatic heterocycles. The zero-order valence-electron chi connectivity index (χ0n) is 16.4. The van der Waals surface area contributed by atoms with E-state index in [1.807, 2.05) is 35.0 Å². The maximum absolute atomic E-state index is 14.1. The average molecular weight is 409 g/mol. The summed E-state index contributed by atoms with van der Waals surface area (Å²) in [6.07, 6.45) is 3.97. The summed E-state index contributed by atoms with van der Waals surface area (Å²) >= 11 is 0. The van der Waals surface area contributed by atoms with Crippen LogP contribution in [0.2, 0.25) is 0 Å². The summed E-state index contributed by atoms with van der Waals surface area (Å²) in [5.74, 6) is -2.60. The Balaban J connectivity index is 1.38. The molecule has 0 aliphatic carbocycles. The van der Waals surface area contributed by atoms with Crippen molar-refractivity contribution < 1.29 is 18.3 Å². The highest BCUT2D eigenvalue weighted by atomic mass is 19.2. The second-order valence-electron chi connectivity index (χ2n) is 7.77. The molecule has 7 heteroatoms. The average Bonchev–Trinajstić information content (AvgIpc) is 3.23. The summed E-state index contributed by atoms with van der Waals surface area (Å²) in [6.45, 7) is 1.39. The van der Waals surface area contributed by atoms with E-state index in [0.717, 1.165) is 29.4 Å². The Labute approximate surface area is 172 Å². The highest BCUT2D eigenvalue weighted by Gasteiger charge is 2.44. The Kier molecular flexibility index (Phi) is 4.62. The van der Waals surface area contributed by atoms with Gasteiger partial charge in [0.1, 0.15) is 5.60 Å². The molecule has 3 heterocycles. The molecule has 5 nitrogen and oxygen atoms in total. The van der Waals surface area contributed by atoms with Gasteiger partial charge in [-0.1, -0.05) is 24.3 Å². The van der Waals surface area contributed by atoms with E-state index in [-0.39, 0.29) is 5.56 Å². The minimum atomic E-state index is -1.10. The molecule has 0 radical (unpaired) electrons. The molecule has 0 unspecified atom stereocenters. The van der Waals surface area contributed by atoms with Crippen LogP contribution in [0, 0.1) is 11.6 Å². The molecule has 154 valence electrons. The first-order valence-electron chi connectivity index (χ1n) is 10.1. The summed E-state index contributed by atoms with van der Waals surface area (Å²) in [5.41, 5.74) is 2.27. The number of piperidine rings is 1. The lowest BCUT2D eigenvalue weighted by Gasteiger charge is -2.43. The highest BCUT2D eigenvalue weighted by Crippen LogP contribution is 2.41. The summed E-state index contributed by atoms with van der Waals surface area (Å²) in [4.78, 5) is 14.3. The third kappa shape index (κ3) is 3.10. The Morgan fingerprint density at radius 1 is 1.03 bits per heavy atom. The van der Waals surface area contributed by atoms with Crippen molar-refractivity contribution in [3.05, 3.63) is 83.2 Å². The number of nitrogens with zero attached hydrogens (tertiary/aromatic N) is 3. The van der Waals surface area contributed by atoms with Crippen molar-refractivity contribution in [2.75, 3.05) is 19.7 Å². The van der Waals surface area contributed by atoms with Crippen molar-refractivity contribution in [3.8, 4) is 5.69 Å². The summed E-state index contributed by atoms with van der Waals surface area (Å²) < 4.78 is 35.7. The number of halogens is 2. The van der Waals surface area contributed by atoms with E-state index in [2.05, 4.69) is 6.20 Å². The van der Waals surface area contributed by atoms with Crippen LogP contribution in [0.15, 0.2) is 54.7 Å². The predicted molar refractivity (Wildman–Crippen MR) is 106 cm³/mol. The first-order valence-corrected chi connectivity index (χ1v) is 10.1. The minimum Gasteiger partial charge on any atom is -0.368 e. The van der Waals surface area contributed by atoms with E-state index in [1.165, 1.54) is 12.1 Å². The van der Waals surface area contributed by atoms with E-state index in [1.54, 1.807) is 4.90 Å². The standard InChI is InChI=1S/C23H21F2N3O2/c24-19-8-4-7-18(20(19)25)22(29)27-12-10-23(11-13-27)21-16(9-14-30-23)15-28(26-21)17-5-2-1-3-6-17/h1-8,15H,9-14H2. The summed E-state index contributed by atoms with van der Waals surface area (Å²) in [7, 11) is 0. The van der Waals surface area contributed by atoms with Gasteiger partial charge >= 0.3 is 0 Å². The number of carbonyl (C=O) groups is 1. The molecule has 3 aromatic rings. The number of likely N-dealkylation sites (tertiary alicyclic amines) is 1.